The molecule has 2 aromatic rings. The number of esters is 2. The summed E-state index contributed by atoms with van der Waals surface area (Å²) in [7, 11) is -1.89. The highest BCUT2D eigenvalue weighted by Gasteiger charge is 2.23. The summed E-state index contributed by atoms with van der Waals surface area (Å²) >= 11 is 11.8. The summed E-state index contributed by atoms with van der Waals surface area (Å²) in [5, 5.41) is 0.0944. The number of hydrogen-bond donors (Lipinski definition) is 1. The van der Waals surface area contributed by atoms with E-state index in [-0.39, 0.29) is 31.8 Å². The molecular weight excluding hydrogens is 405 g/mol. The first-order chi connectivity index (χ1) is 12.2. The van der Waals surface area contributed by atoms with Crippen molar-refractivity contribution in [3.8, 4) is 0 Å². The molecule has 0 aliphatic rings. The van der Waals surface area contributed by atoms with Crippen LogP contribution >= 0.6 is 23.2 Å². The van der Waals surface area contributed by atoms with Gasteiger partial charge in [-0.1, -0.05) is 23.2 Å². The Morgan fingerprint density at radius 3 is 2.23 bits per heavy atom. The van der Waals surface area contributed by atoms with Crippen molar-refractivity contribution in [2.45, 2.75) is 4.90 Å². The Hall–Kier alpha value is -2.29. The van der Waals surface area contributed by atoms with Gasteiger partial charge in [0.1, 0.15) is 4.90 Å². The van der Waals surface area contributed by atoms with Gasteiger partial charge in [-0.25, -0.2) is 18.0 Å². The van der Waals surface area contributed by atoms with E-state index in [4.69, 9.17) is 23.2 Å². The number of anilines is 1. The number of hydrogen-bond acceptors (Lipinski definition) is 6. The van der Waals surface area contributed by atoms with Crippen LogP contribution in [0.4, 0.5) is 5.69 Å². The van der Waals surface area contributed by atoms with E-state index in [0.29, 0.717) is 0 Å². The SMILES string of the molecule is COC(=O)c1ccc(C(=O)OC)c(NS(=O)(=O)c2cc(Cl)ccc2Cl)c1. The van der Waals surface area contributed by atoms with Crippen molar-refractivity contribution >= 4 is 50.9 Å². The topological polar surface area (TPSA) is 98.8 Å². The van der Waals surface area contributed by atoms with Gasteiger partial charge in [-0.3, -0.25) is 4.72 Å². The number of sulfonamides is 1. The largest absolute Gasteiger partial charge is 0.465 e. The monoisotopic (exact) mass is 417 g/mol. The van der Waals surface area contributed by atoms with Gasteiger partial charge in [0.2, 0.25) is 0 Å². The van der Waals surface area contributed by atoms with Crippen LogP contribution in [0.1, 0.15) is 20.7 Å². The Kier molecular flexibility index (Phi) is 6.12. The maximum atomic E-state index is 12.7. The molecule has 0 unspecified atom stereocenters. The van der Waals surface area contributed by atoms with Crippen LogP contribution in [0, 0.1) is 0 Å². The lowest BCUT2D eigenvalue weighted by Gasteiger charge is -2.14. The van der Waals surface area contributed by atoms with Crippen molar-refractivity contribution in [2.75, 3.05) is 18.9 Å². The molecule has 1 N–H and O–H groups in total. The molecule has 0 radical (unpaired) electrons. The van der Waals surface area contributed by atoms with Gasteiger partial charge in [-0.05, 0) is 36.4 Å². The zero-order valence-electron chi connectivity index (χ0n) is 13.6. The Morgan fingerprint density at radius 1 is 0.962 bits per heavy atom. The third-order valence-corrected chi connectivity index (χ3v) is 5.36. The number of halogens is 2. The predicted octanol–water partition coefficient (Wildman–Crippen LogP) is 3.37. The number of rotatable bonds is 5. The van der Waals surface area contributed by atoms with Gasteiger partial charge in [0, 0.05) is 5.02 Å². The molecule has 2 rings (SSSR count). The normalized spacial score (nSPS) is 10.9. The summed E-state index contributed by atoms with van der Waals surface area (Å²) in [5.74, 6) is -1.50. The lowest BCUT2D eigenvalue weighted by atomic mass is 10.1. The highest BCUT2D eigenvalue weighted by molar-refractivity contribution is 7.92. The Balaban J connectivity index is 2.56. The maximum Gasteiger partial charge on any atom is 0.339 e. The second-order valence-corrected chi connectivity index (χ2v) is 7.42. The van der Waals surface area contributed by atoms with Gasteiger partial charge in [-0.15, -0.1) is 0 Å². The first-order valence-electron chi connectivity index (χ1n) is 6.98. The van der Waals surface area contributed by atoms with Crippen LogP contribution in [0.3, 0.4) is 0 Å². The third kappa shape index (κ3) is 4.27. The minimum Gasteiger partial charge on any atom is -0.465 e. The Morgan fingerprint density at radius 2 is 1.62 bits per heavy atom. The van der Waals surface area contributed by atoms with Crippen molar-refractivity contribution in [2.24, 2.45) is 0 Å². The number of carbonyl (C=O) groups excluding carboxylic acids is 2. The zero-order valence-corrected chi connectivity index (χ0v) is 15.9. The molecule has 0 saturated carbocycles. The standard InChI is InChI=1S/C16H13Cl2NO6S/c1-24-15(20)9-3-5-11(16(21)25-2)13(7-9)19-26(22,23)14-8-10(17)4-6-12(14)18/h3-8,19H,1-2H3. The van der Waals surface area contributed by atoms with Gasteiger partial charge in [0.05, 0.1) is 36.1 Å². The van der Waals surface area contributed by atoms with Gasteiger partial charge in [0.25, 0.3) is 10.0 Å². The summed E-state index contributed by atoms with van der Waals surface area (Å²) in [6.45, 7) is 0. The van der Waals surface area contributed by atoms with E-state index in [9.17, 15) is 18.0 Å². The fourth-order valence-electron chi connectivity index (χ4n) is 2.04. The van der Waals surface area contributed by atoms with Crippen molar-refractivity contribution < 1.29 is 27.5 Å². The van der Waals surface area contributed by atoms with Crippen LogP contribution < -0.4 is 4.72 Å². The van der Waals surface area contributed by atoms with Gasteiger partial charge in [0.15, 0.2) is 0 Å². The molecule has 0 atom stereocenters. The molecule has 0 fully saturated rings. The van der Waals surface area contributed by atoms with Crippen molar-refractivity contribution in [3.05, 3.63) is 57.6 Å². The summed E-state index contributed by atoms with van der Waals surface area (Å²) in [6, 6.07) is 7.63. The second-order valence-electron chi connectivity index (χ2n) is 4.92. The highest BCUT2D eigenvalue weighted by atomic mass is 35.5. The maximum absolute atomic E-state index is 12.7. The van der Waals surface area contributed by atoms with Crippen LogP contribution in [-0.2, 0) is 19.5 Å². The molecule has 0 amide bonds. The van der Waals surface area contributed by atoms with E-state index in [0.717, 1.165) is 19.2 Å². The fraction of sp³-hybridized carbons (Fsp3) is 0.125. The molecule has 26 heavy (non-hydrogen) atoms. The van der Waals surface area contributed by atoms with Crippen molar-refractivity contribution in [1.82, 2.24) is 0 Å². The minimum absolute atomic E-state index is 0.0371. The van der Waals surface area contributed by atoms with Crippen LogP contribution in [0.2, 0.25) is 10.0 Å². The smallest absolute Gasteiger partial charge is 0.339 e. The summed E-state index contributed by atoms with van der Waals surface area (Å²) in [5.41, 5.74) is -0.229. The van der Waals surface area contributed by atoms with Crippen LogP contribution in [0.15, 0.2) is 41.3 Å². The molecule has 0 saturated heterocycles. The molecule has 2 aromatic carbocycles. The van der Waals surface area contributed by atoms with E-state index >= 15 is 0 Å². The number of nitrogens with one attached hydrogen (secondary N) is 1. The van der Waals surface area contributed by atoms with Crippen molar-refractivity contribution in [3.63, 3.8) is 0 Å². The van der Waals surface area contributed by atoms with Gasteiger partial charge < -0.3 is 9.47 Å². The third-order valence-electron chi connectivity index (χ3n) is 3.27. The zero-order chi connectivity index (χ0) is 19.5. The molecular formula is C16H13Cl2NO6S. The summed E-state index contributed by atoms with van der Waals surface area (Å²) in [4.78, 5) is 23.3. The van der Waals surface area contributed by atoms with Gasteiger partial charge in [-0.2, -0.15) is 0 Å². The number of ether oxygens (including phenoxy) is 2. The molecule has 0 aliphatic heterocycles. The van der Waals surface area contributed by atoms with E-state index < -0.39 is 22.0 Å². The van der Waals surface area contributed by atoms with Gasteiger partial charge >= 0.3 is 11.9 Å². The lowest BCUT2D eigenvalue weighted by molar-refractivity contribution is 0.0587. The highest BCUT2D eigenvalue weighted by Crippen LogP contribution is 2.28. The predicted molar refractivity (Wildman–Crippen MR) is 96.4 cm³/mol. The molecule has 138 valence electrons. The number of benzene rings is 2. The number of methoxy groups -OCH3 is 2. The quantitative estimate of drug-likeness (QED) is 0.748. The molecule has 0 aliphatic carbocycles. The molecule has 0 heterocycles. The lowest BCUT2D eigenvalue weighted by Crippen LogP contribution is -2.17. The molecule has 0 bridgehead atoms. The first-order valence-corrected chi connectivity index (χ1v) is 9.22. The molecule has 10 heteroatoms. The van der Waals surface area contributed by atoms with Crippen LogP contribution in [-0.4, -0.2) is 34.6 Å². The van der Waals surface area contributed by atoms with E-state index in [1.807, 2.05) is 0 Å². The van der Waals surface area contributed by atoms with E-state index in [2.05, 4.69) is 14.2 Å². The second kappa shape index (κ2) is 7.94. The van der Waals surface area contributed by atoms with Crippen LogP contribution in [0.5, 0.6) is 0 Å². The fourth-order valence-corrected chi connectivity index (χ4v) is 3.88. The molecule has 0 spiro atoms. The average Bonchev–Trinajstić information content (AvgIpc) is 2.61. The Bertz CT molecular complexity index is 975. The Labute approximate surface area is 159 Å². The minimum atomic E-state index is -4.21. The van der Waals surface area contributed by atoms with Crippen LogP contribution in [0.25, 0.3) is 0 Å². The van der Waals surface area contributed by atoms with E-state index in [1.165, 1.54) is 31.4 Å². The summed E-state index contributed by atoms with van der Waals surface area (Å²) in [6.07, 6.45) is 0. The average molecular weight is 418 g/mol. The summed E-state index contributed by atoms with van der Waals surface area (Å²) < 4.78 is 36.8. The van der Waals surface area contributed by atoms with E-state index in [1.54, 1.807) is 0 Å². The first kappa shape index (κ1) is 20.0. The molecule has 7 nitrogen and oxygen atoms in total. The number of carbonyl (C=O) groups is 2. The van der Waals surface area contributed by atoms with Crippen molar-refractivity contribution in [1.29, 1.82) is 0 Å². The molecule has 0 aromatic heterocycles.